The molecule has 66 heavy (non-hydrogen) atoms. The van der Waals surface area contributed by atoms with Crippen LogP contribution in [0.3, 0.4) is 0 Å². The van der Waals surface area contributed by atoms with Gasteiger partial charge in [0, 0.05) is 35.8 Å². The summed E-state index contributed by atoms with van der Waals surface area (Å²) in [4.78, 5) is 32.7. The molecule has 0 saturated carbocycles. The van der Waals surface area contributed by atoms with Gasteiger partial charge in [-0.25, -0.2) is 27.0 Å². The molecule has 0 radical (unpaired) electrons. The summed E-state index contributed by atoms with van der Waals surface area (Å²) in [6.45, 7) is 0. The van der Waals surface area contributed by atoms with Crippen LogP contribution < -0.4 is 15.5 Å². The lowest BCUT2D eigenvalue weighted by atomic mass is 9.77. The van der Waals surface area contributed by atoms with Crippen molar-refractivity contribution in [3.05, 3.63) is 174 Å². The van der Waals surface area contributed by atoms with Crippen LogP contribution in [0.2, 0.25) is 0 Å². The number of carbonyl (C=O) groups is 2. The van der Waals surface area contributed by atoms with Crippen molar-refractivity contribution in [2.24, 2.45) is 0 Å². The normalized spacial score (nSPS) is 12.2. The molecule has 0 bridgehead atoms. The number of rotatable bonds is 11. The number of anilines is 1. The van der Waals surface area contributed by atoms with Crippen molar-refractivity contribution >= 4 is 51.1 Å². The lowest BCUT2D eigenvalue weighted by Crippen LogP contribution is -2.43. The highest BCUT2D eigenvalue weighted by atomic mass is 32.2. The maximum absolute atomic E-state index is 15.2. The second-order valence-corrected chi connectivity index (χ2v) is 15.7. The first-order valence-electron chi connectivity index (χ1n) is 18.9. The summed E-state index contributed by atoms with van der Waals surface area (Å²) < 4.78 is 150. The highest BCUT2D eigenvalue weighted by Crippen LogP contribution is 2.40. The van der Waals surface area contributed by atoms with Gasteiger partial charge in [-0.3, -0.25) is 14.5 Å². The van der Waals surface area contributed by atoms with E-state index in [-0.39, 0.29) is 32.5 Å². The molecule has 0 aliphatic rings. The molecule has 1 amide bonds. The Morgan fingerprint density at radius 3 is 1.89 bits per heavy atom. The number of carboxylic acids is 1. The minimum Gasteiger partial charge on any atom is -0.480 e. The number of alkyl halides is 6. The summed E-state index contributed by atoms with van der Waals surface area (Å²) in [6.07, 6.45) is -7.11. The summed E-state index contributed by atoms with van der Waals surface area (Å²) in [5.41, 5.74) is -3.03. The minimum atomic E-state index is -4.68. The van der Waals surface area contributed by atoms with E-state index in [1.165, 1.54) is 97.3 Å². The molecule has 7 rings (SSSR count). The van der Waals surface area contributed by atoms with Gasteiger partial charge in [0.1, 0.15) is 23.2 Å². The molecule has 0 aliphatic carbocycles. The standard InChI is InChI=1S/C37H24F6N4O5S.C7H6BF3O2/c38-29-18-23(47-53(51,52)24-10-7-20(8-11-24)21-13-15-44-32(40)17-21)19-30(39)33(29)35(48)46-31(36(49)50)16-22-9-12-27(34-25(22)5-3-14-45-34)26-4-1-2-6-28(26)37(41,42)43;9-7(10,11)5-3-1-2-4-6(5)8(12)13/h1-15,17-19,31,47H,16H2,(H,46,48)(H,49,50);1-4,12-13H/t31-;/m0./s1. The second kappa shape index (κ2) is 19.4. The van der Waals surface area contributed by atoms with Crippen LogP contribution in [0, 0.1) is 17.6 Å². The molecule has 5 N–H and O–H groups in total. The predicted octanol–water partition coefficient (Wildman–Crippen LogP) is 8.01. The van der Waals surface area contributed by atoms with Gasteiger partial charge >= 0.3 is 25.4 Å². The van der Waals surface area contributed by atoms with Gasteiger partial charge in [0.2, 0.25) is 5.95 Å². The average Bonchev–Trinajstić information content (AvgIpc) is 3.25. The largest absolute Gasteiger partial charge is 0.489 e. The number of pyridine rings is 2. The van der Waals surface area contributed by atoms with Crippen molar-refractivity contribution in [2.75, 3.05) is 4.72 Å². The SMILES string of the molecule is O=C(N[C@@H](Cc1ccc(-c2ccccc2C(F)(F)F)c2ncccc12)C(=O)O)c1c(F)cc(NS(=O)(=O)c2ccc(-c3ccnc(F)c3)cc2)cc1F.OB(O)c1ccccc1C(F)(F)F. The summed E-state index contributed by atoms with van der Waals surface area (Å²) in [5.74, 6) is -6.83. The van der Waals surface area contributed by atoms with Crippen molar-refractivity contribution in [1.29, 1.82) is 0 Å². The second-order valence-electron chi connectivity index (χ2n) is 14.1. The topological polar surface area (TPSA) is 179 Å². The van der Waals surface area contributed by atoms with Gasteiger partial charge in [0.15, 0.2) is 0 Å². The Balaban J connectivity index is 0.000000477. The number of benzene rings is 5. The van der Waals surface area contributed by atoms with E-state index in [1.807, 2.05) is 4.72 Å². The van der Waals surface area contributed by atoms with Gasteiger partial charge in [0.05, 0.1) is 27.2 Å². The Labute approximate surface area is 368 Å². The van der Waals surface area contributed by atoms with E-state index in [0.29, 0.717) is 23.3 Å². The molecule has 2 aromatic heterocycles. The highest BCUT2D eigenvalue weighted by Gasteiger charge is 2.36. The predicted molar refractivity (Wildman–Crippen MR) is 223 cm³/mol. The van der Waals surface area contributed by atoms with Gasteiger partial charge in [0.25, 0.3) is 15.9 Å². The number of nitrogens with zero attached hydrogens (tertiary/aromatic N) is 2. The number of amides is 1. The molecule has 5 aromatic carbocycles. The first-order valence-corrected chi connectivity index (χ1v) is 20.4. The average molecular weight is 941 g/mol. The van der Waals surface area contributed by atoms with Crippen LogP contribution in [-0.2, 0) is 33.6 Å². The molecule has 2 heterocycles. The first-order chi connectivity index (χ1) is 31.0. The summed E-state index contributed by atoms with van der Waals surface area (Å²) in [5, 5.41) is 29.5. The quantitative estimate of drug-likeness (QED) is 0.0488. The molecule has 22 heteroatoms. The Morgan fingerprint density at radius 2 is 1.30 bits per heavy atom. The molecule has 11 nitrogen and oxygen atoms in total. The number of nitrogens with one attached hydrogen (secondary N) is 2. The molecular weight excluding hydrogens is 910 g/mol. The van der Waals surface area contributed by atoms with Gasteiger partial charge in [-0.05, 0) is 70.2 Å². The van der Waals surface area contributed by atoms with E-state index in [0.717, 1.165) is 24.3 Å². The van der Waals surface area contributed by atoms with Gasteiger partial charge in [-0.1, -0.05) is 72.8 Å². The molecule has 0 aliphatic heterocycles. The Morgan fingerprint density at radius 1 is 0.682 bits per heavy atom. The van der Waals surface area contributed by atoms with E-state index in [1.54, 1.807) is 0 Å². The number of carbonyl (C=O) groups excluding carboxylic acids is 1. The van der Waals surface area contributed by atoms with E-state index < -0.39 is 99.3 Å². The van der Waals surface area contributed by atoms with Crippen molar-refractivity contribution in [3.63, 3.8) is 0 Å². The summed E-state index contributed by atoms with van der Waals surface area (Å²) >= 11 is 0. The lowest BCUT2D eigenvalue weighted by molar-refractivity contribution is -0.139. The molecule has 0 unspecified atom stereocenters. The molecule has 0 spiro atoms. The van der Waals surface area contributed by atoms with Crippen LogP contribution in [0.5, 0.6) is 0 Å². The third-order valence-electron chi connectivity index (χ3n) is 9.70. The van der Waals surface area contributed by atoms with Crippen molar-refractivity contribution in [1.82, 2.24) is 15.3 Å². The van der Waals surface area contributed by atoms with E-state index in [9.17, 15) is 53.8 Å². The Hall–Kier alpha value is -7.30. The number of hydrogen-bond donors (Lipinski definition) is 5. The third kappa shape index (κ3) is 11.1. The first kappa shape index (κ1) is 48.2. The van der Waals surface area contributed by atoms with E-state index in [4.69, 9.17) is 10.0 Å². The fraction of sp³-hybridized carbons (Fsp3) is 0.0909. The maximum Gasteiger partial charge on any atom is 0.489 e. The minimum absolute atomic E-state index is 0.117. The molecular formula is C44H30BF9N4O7S. The number of carboxylic acid groups (broad SMARTS) is 1. The maximum atomic E-state index is 15.2. The molecule has 7 aromatic rings. The Bertz CT molecular complexity index is 3030. The van der Waals surface area contributed by atoms with Crippen LogP contribution >= 0.6 is 0 Å². The zero-order valence-electron chi connectivity index (χ0n) is 33.2. The monoisotopic (exact) mass is 940 g/mol. The summed E-state index contributed by atoms with van der Waals surface area (Å²) in [6, 6.07) is 22.0. The smallest absolute Gasteiger partial charge is 0.480 e. The van der Waals surface area contributed by atoms with Gasteiger partial charge < -0.3 is 20.5 Å². The van der Waals surface area contributed by atoms with Gasteiger partial charge in [-0.2, -0.15) is 30.7 Å². The molecule has 0 fully saturated rings. The Kier molecular flexibility index (Phi) is 14.2. The zero-order chi connectivity index (χ0) is 48.1. The number of aromatic nitrogens is 2. The highest BCUT2D eigenvalue weighted by molar-refractivity contribution is 7.92. The van der Waals surface area contributed by atoms with Crippen molar-refractivity contribution in [2.45, 2.75) is 29.7 Å². The van der Waals surface area contributed by atoms with Crippen molar-refractivity contribution < 1.29 is 72.7 Å². The molecule has 1 atom stereocenters. The lowest BCUT2D eigenvalue weighted by Gasteiger charge is -2.18. The number of aliphatic carboxylic acids is 1. The van der Waals surface area contributed by atoms with E-state index >= 15 is 8.78 Å². The fourth-order valence-electron chi connectivity index (χ4n) is 6.69. The number of fused-ring (bicyclic) bond motifs is 1. The van der Waals surface area contributed by atoms with Gasteiger partial charge in [-0.15, -0.1) is 0 Å². The van der Waals surface area contributed by atoms with Crippen LogP contribution in [0.4, 0.5) is 45.2 Å². The van der Waals surface area contributed by atoms with E-state index in [2.05, 4.69) is 15.3 Å². The fourth-order valence-corrected chi connectivity index (χ4v) is 7.73. The zero-order valence-corrected chi connectivity index (χ0v) is 34.1. The molecule has 340 valence electrons. The molecule has 0 saturated heterocycles. The van der Waals surface area contributed by atoms with Crippen LogP contribution in [0.15, 0.2) is 139 Å². The van der Waals surface area contributed by atoms with Crippen LogP contribution in [-0.4, -0.2) is 58.6 Å². The number of sulfonamides is 1. The third-order valence-corrected chi connectivity index (χ3v) is 11.1. The summed E-state index contributed by atoms with van der Waals surface area (Å²) in [7, 11) is -6.51. The van der Waals surface area contributed by atoms with Crippen LogP contribution in [0.25, 0.3) is 33.2 Å². The number of hydrogen-bond acceptors (Lipinski definition) is 8. The number of halogens is 9. The van der Waals surface area contributed by atoms with Crippen LogP contribution in [0.1, 0.15) is 27.0 Å². The van der Waals surface area contributed by atoms with Crippen molar-refractivity contribution in [3.8, 4) is 22.3 Å².